The molecular formula is C16H16IN5O2. The van der Waals surface area contributed by atoms with E-state index in [1.165, 1.54) is 0 Å². The highest BCUT2D eigenvalue weighted by atomic mass is 127. The van der Waals surface area contributed by atoms with Crippen molar-refractivity contribution in [3.63, 3.8) is 0 Å². The molecule has 0 saturated carbocycles. The summed E-state index contributed by atoms with van der Waals surface area (Å²) in [4.78, 5) is 13.4. The number of rotatable bonds is 3. The van der Waals surface area contributed by atoms with E-state index < -0.39 is 0 Å². The molecule has 1 aliphatic rings. The Labute approximate surface area is 152 Å². The van der Waals surface area contributed by atoms with Gasteiger partial charge >= 0.3 is 0 Å². The van der Waals surface area contributed by atoms with Gasteiger partial charge in [0.25, 0.3) is 0 Å². The fourth-order valence-corrected chi connectivity index (χ4v) is 3.31. The van der Waals surface area contributed by atoms with Gasteiger partial charge in [-0.05, 0) is 31.4 Å². The Morgan fingerprint density at radius 1 is 1.25 bits per heavy atom. The normalized spacial score (nSPS) is 18.0. The van der Waals surface area contributed by atoms with E-state index in [0.717, 1.165) is 31.5 Å². The van der Waals surface area contributed by atoms with Gasteiger partial charge in [-0.1, -0.05) is 12.1 Å². The summed E-state index contributed by atoms with van der Waals surface area (Å²) >= 11 is 2.08. The zero-order valence-corrected chi connectivity index (χ0v) is 15.0. The summed E-state index contributed by atoms with van der Waals surface area (Å²) in [7, 11) is 0. The maximum Gasteiger partial charge on any atom is 0.194 e. The minimum atomic E-state index is -0.0348. The van der Waals surface area contributed by atoms with Gasteiger partial charge in [0.2, 0.25) is 0 Å². The molecule has 0 radical (unpaired) electrons. The van der Waals surface area contributed by atoms with Crippen LogP contribution in [-0.4, -0.2) is 31.2 Å². The van der Waals surface area contributed by atoms with E-state index >= 15 is 0 Å². The van der Waals surface area contributed by atoms with Crippen molar-refractivity contribution < 1.29 is 9.84 Å². The van der Waals surface area contributed by atoms with E-state index in [2.05, 4.69) is 42.9 Å². The van der Waals surface area contributed by atoms with Gasteiger partial charge in [-0.2, -0.15) is 0 Å². The number of imidazole rings is 1. The number of nitrogens with one attached hydrogen (secondary N) is 1. The molecule has 3 aromatic rings. The van der Waals surface area contributed by atoms with E-state index in [4.69, 9.17) is 4.74 Å². The van der Waals surface area contributed by atoms with Crippen LogP contribution in [0.3, 0.4) is 0 Å². The van der Waals surface area contributed by atoms with Gasteiger partial charge in [-0.15, -0.1) is 0 Å². The van der Waals surface area contributed by atoms with Crippen LogP contribution in [0.15, 0.2) is 30.6 Å². The summed E-state index contributed by atoms with van der Waals surface area (Å²) in [5.41, 5.74) is 1.98. The van der Waals surface area contributed by atoms with Crippen molar-refractivity contribution in [3.05, 3.63) is 34.4 Å². The minimum absolute atomic E-state index is 0.0348. The first-order valence-corrected chi connectivity index (χ1v) is 8.87. The number of para-hydroxylation sites is 2. The molecule has 1 saturated heterocycles. The number of anilines is 2. The molecule has 1 aromatic carbocycles. The summed E-state index contributed by atoms with van der Waals surface area (Å²) < 4.78 is 8.42. The number of phenols is 1. The second-order valence-corrected chi connectivity index (χ2v) is 6.59. The van der Waals surface area contributed by atoms with E-state index in [0.29, 0.717) is 20.9 Å². The summed E-state index contributed by atoms with van der Waals surface area (Å²) in [5, 5.41) is 13.1. The van der Waals surface area contributed by atoms with Crippen LogP contribution < -0.4 is 5.32 Å². The number of ether oxygens (including phenoxy) is 1. The van der Waals surface area contributed by atoms with Gasteiger partial charge in [0.15, 0.2) is 20.8 Å². The molecule has 2 aromatic heterocycles. The summed E-state index contributed by atoms with van der Waals surface area (Å²) in [5.74, 6) is 0.731. The lowest BCUT2D eigenvalue weighted by atomic mass is 10.2. The van der Waals surface area contributed by atoms with Gasteiger partial charge in [0.1, 0.15) is 12.0 Å². The number of nitrogens with zero attached hydrogens (tertiary/aromatic N) is 4. The van der Waals surface area contributed by atoms with Crippen molar-refractivity contribution in [2.24, 2.45) is 0 Å². The maximum absolute atomic E-state index is 9.97. The highest BCUT2D eigenvalue weighted by molar-refractivity contribution is 14.1. The van der Waals surface area contributed by atoms with Gasteiger partial charge in [0, 0.05) is 29.2 Å². The summed E-state index contributed by atoms with van der Waals surface area (Å²) in [6.07, 6.45) is 4.90. The van der Waals surface area contributed by atoms with Crippen LogP contribution in [0.1, 0.15) is 25.5 Å². The molecule has 0 bridgehead atoms. The number of hydrogen-bond acceptors (Lipinski definition) is 6. The topological polar surface area (TPSA) is 85.1 Å². The predicted octanol–water partition coefficient (Wildman–Crippen LogP) is 3.58. The monoisotopic (exact) mass is 437 g/mol. The Balaban J connectivity index is 1.76. The second kappa shape index (κ2) is 6.52. The Kier molecular flexibility index (Phi) is 4.23. The predicted molar refractivity (Wildman–Crippen MR) is 98.3 cm³/mol. The summed E-state index contributed by atoms with van der Waals surface area (Å²) in [6, 6.07) is 7.03. The van der Waals surface area contributed by atoms with Crippen molar-refractivity contribution in [2.45, 2.75) is 25.5 Å². The van der Waals surface area contributed by atoms with Crippen LogP contribution in [0.5, 0.6) is 5.75 Å². The number of phenolic OH excluding ortho intramolecular Hbond substituents is 1. The molecule has 2 N–H and O–H groups in total. The lowest BCUT2D eigenvalue weighted by Crippen LogP contribution is -2.18. The smallest absolute Gasteiger partial charge is 0.194 e. The Morgan fingerprint density at radius 3 is 2.92 bits per heavy atom. The van der Waals surface area contributed by atoms with Gasteiger partial charge in [-0.3, -0.25) is 4.57 Å². The lowest BCUT2D eigenvalue weighted by molar-refractivity contribution is -0.0298. The molecule has 3 heterocycles. The fourth-order valence-electron chi connectivity index (χ4n) is 2.84. The van der Waals surface area contributed by atoms with E-state index in [1.807, 2.05) is 10.6 Å². The Bertz CT molecular complexity index is 876. The standard InChI is InChI=1S/C16H16IN5O2/c17-16-20-14(19-10-5-1-2-6-11(10)23)13-15(21-16)22(9-18-13)12-7-3-4-8-24-12/h1-2,5-6,9,12,23H,3-4,7-8H2,(H,19,20,21). The van der Waals surface area contributed by atoms with Gasteiger partial charge in [0.05, 0.1) is 12.0 Å². The van der Waals surface area contributed by atoms with Crippen LogP contribution in [0.25, 0.3) is 11.2 Å². The molecule has 1 aliphatic heterocycles. The first kappa shape index (κ1) is 15.6. The number of aromatic nitrogens is 4. The third-order valence-corrected chi connectivity index (χ3v) is 4.50. The molecule has 4 rings (SSSR count). The second-order valence-electron chi connectivity index (χ2n) is 5.63. The number of hydrogen-bond donors (Lipinski definition) is 2. The zero-order chi connectivity index (χ0) is 16.5. The van der Waals surface area contributed by atoms with Crippen LogP contribution in [0.2, 0.25) is 0 Å². The van der Waals surface area contributed by atoms with Crippen LogP contribution in [-0.2, 0) is 4.74 Å². The van der Waals surface area contributed by atoms with Gasteiger partial charge in [-0.25, -0.2) is 15.0 Å². The molecule has 1 unspecified atom stereocenters. The zero-order valence-electron chi connectivity index (χ0n) is 12.8. The molecule has 1 fully saturated rings. The molecular weight excluding hydrogens is 421 g/mol. The third kappa shape index (κ3) is 2.91. The highest BCUT2D eigenvalue weighted by Gasteiger charge is 2.21. The van der Waals surface area contributed by atoms with E-state index in [1.54, 1.807) is 24.5 Å². The average molecular weight is 437 g/mol. The van der Waals surface area contributed by atoms with Gasteiger partial charge < -0.3 is 15.2 Å². The Hall–Kier alpha value is -1.94. The van der Waals surface area contributed by atoms with Crippen molar-refractivity contribution >= 4 is 45.3 Å². The Morgan fingerprint density at radius 2 is 2.12 bits per heavy atom. The van der Waals surface area contributed by atoms with Crippen molar-refractivity contribution in [1.29, 1.82) is 0 Å². The maximum atomic E-state index is 9.97. The van der Waals surface area contributed by atoms with Crippen molar-refractivity contribution in [3.8, 4) is 5.75 Å². The van der Waals surface area contributed by atoms with Crippen LogP contribution >= 0.6 is 22.6 Å². The molecule has 0 amide bonds. The molecule has 1 atom stereocenters. The minimum Gasteiger partial charge on any atom is -0.506 e. The van der Waals surface area contributed by atoms with Crippen molar-refractivity contribution in [2.75, 3.05) is 11.9 Å². The SMILES string of the molecule is Oc1ccccc1Nc1nc(I)nc2c1ncn2C1CCCCO1. The summed E-state index contributed by atoms with van der Waals surface area (Å²) in [6.45, 7) is 0.759. The molecule has 24 heavy (non-hydrogen) atoms. The third-order valence-electron chi connectivity index (χ3n) is 4.02. The van der Waals surface area contributed by atoms with Crippen LogP contribution in [0, 0.1) is 3.83 Å². The van der Waals surface area contributed by atoms with E-state index in [-0.39, 0.29) is 12.0 Å². The number of benzene rings is 1. The van der Waals surface area contributed by atoms with Crippen LogP contribution in [0.4, 0.5) is 11.5 Å². The molecule has 0 spiro atoms. The first-order chi connectivity index (χ1) is 11.7. The first-order valence-electron chi connectivity index (χ1n) is 7.79. The molecule has 124 valence electrons. The number of aromatic hydroxyl groups is 1. The molecule has 8 heteroatoms. The van der Waals surface area contributed by atoms with E-state index in [9.17, 15) is 5.11 Å². The highest BCUT2D eigenvalue weighted by Crippen LogP contribution is 2.31. The fraction of sp³-hybridized carbons (Fsp3) is 0.312. The lowest BCUT2D eigenvalue weighted by Gasteiger charge is -2.23. The molecule has 0 aliphatic carbocycles. The molecule has 7 nitrogen and oxygen atoms in total. The average Bonchev–Trinajstić information content (AvgIpc) is 3.01. The largest absolute Gasteiger partial charge is 0.506 e. The van der Waals surface area contributed by atoms with Crippen molar-refractivity contribution in [1.82, 2.24) is 19.5 Å². The quantitative estimate of drug-likeness (QED) is 0.370. The number of halogens is 1. The number of fused-ring (bicyclic) bond motifs is 1.